The molecule has 2 N–H and O–H groups in total. The zero-order valence-corrected chi connectivity index (χ0v) is 15.7. The lowest BCUT2D eigenvalue weighted by atomic mass is 9.76. The Hall–Kier alpha value is -3.03. The first kappa shape index (κ1) is 20.7. The molecule has 5 nitrogen and oxygen atoms in total. The van der Waals surface area contributed by atoms with E-state index >= 15 is 0 Å². The number of amides is 2. The summed E-state index contributed by atoms with van der Waals surface area (Å²) in [5.41, 5.74) is 4.19. The lowest BCUT2D eigenvalue weighted by Gasteiger charge is -2.41. The predicted octanol–water partition coefficient (Wildman–Crippen LogP) is 3.28. The van der Waals surface area contributed by atoms with Crippen molar-refractivity contribution in [3.05, 3.63) is 65.5 Å². The van der Waals surface area contributed by atoms with Crippen LogP contribution in [0, 0.1) is 22.9 Å². The third-order valence-electron chi connectivity index (χ3n) is 5.20. The summed E-state index contributed by atoms with van der Waals surface area (Å²) >= 11 is 0. The number of piperidine rings is 1. The smallest absolute Gasteiger partial charge is 0.259 e. The average Bonchev–Trinajstić information content (AvgIpc) is 2.67. The molecule has 0 radical (unpaired) electrons. The first-order valence-corrected chi connectivity index (χ1v) is 9.20. The summed E-state index contributed by atoms with van der Waals surface area (Å²) in [5.74, 6) is -3.01. The molecule has 2 amide bonds. The number of nitrogens with zero attached hydrogens (tertiary/aromatic N) is 1. The van der Waals surface area contributed by atoms with Crippen molar-refractivity contribution >= 4 is 11.8 Å². The lowest BCUT2D eigenvalue weighted by molar-refractivity contribution is -0.121. The van der Waals surface area contributed by atoms with Crippen LogP contribution in [-0.4, -0.2) is 36.4 Å². The summed E-state index contributed by atoms with van der Waals surface area (Å²) in [5, 5.41) is 0. The van der Waals surface area contributed by atoms with Crippen LogP contribution in [0.4, 0.5) is 13.2 Å². The van der Waals surface area contributed by atoms with Crippen LogP contribution in [0.2, 0.25) is 0 Å². The van der Waals surface area contributed by atoms with Gasteiger partial charge in [-0.1, -0.05) is 6.07 Å². The molecule has 8 heteroatoms. The van der Waals surface area contributed by atoms with Crippen molar-refractivity contribution in [2.24, 2.45) is 11.1 Å². The minimum atomic E-state index is -0.913. The third-order valence-corrected chi connectivity index (χ3v) is 5.20. The largest absolute Gasteiger partial charge is 0.493 e. The summed E-state index contributed by atoms with van der Waals surface area (Å²) in [6.45, 7) is 0.553. The first-order valence-electron chi connectivity index (χ1n) is 9.20. The Morgan fingerprint density at radius 2 is 1.59 bits per heavy atom. The fourth-order valence-electron chi connectivity index (χ4n) is 3.55. The van der Waals surface area contributed by atoms with Crippen molar-refractivity contribution in [2.75, 3.05) is 19.7 Å². The normalized spacial score (nSPS) is 15.8. The zero-order valence-electron chi connectivity index (χ0n) is 15.7. The van der Waals surface area contributed by atoms with Gasteiger partial charge in [0.15, 0.2) is 0 Å². The average molecular weight is 406 g/mol. The maximum Gasteiger partial charge on any atom is 0.259 e. The van der Waals surface area contributed by atoms with Crippen molar-refractivity contribution in [2.45, 2.75) is 19.3 Å². The molecule has 0 aliphatic carbocycles. The Labute approximate surface area is 166 Å². The Morgan fingerprint density at radius 3 is 2.14 bits per heavy atom. The molecule has 0 bridgehead atoms. The Bertz CT molecular complexity index is 874. The molecular formula is C21H21F3N2O3. The molecule has 0 unspecified atom stereocenters. The van der Waals surface area contributed by atoms with Gasteiger partial charge in [-0.25, -0.2) is 13.2 Å². The van der Waals surface area contributed by atoms with Gasteiger partial charge in [0.2, 0.25) is 5.91 Å². The van der Waals surface area contributed by atoms with E-state index in [-0.39, 0.29) is 26.1 Å². The maximum absolute atomic E-state index is 13.9. The van der Waals surface area contributed by atoms with Crippen LogP contribution in [0.1, 0.15) is 29.6 Å². The van der Waals surface area contributed by atoms with Gasteiger partial charge in [-0.2, -0.15) is 0 Å². The summed E-state index contributed by atoms with van der Waals surface area (Å²) in [7, 11) is 0. The lowest BCUT2D eigenvalue weighted by Crippen LogP contribution is -2.47. The molecule has 2 aromatic carbocycles. The number of ether oxygens (including phenoxy) is 1. The van der Waals surface area contributed by atoms with Crippen LogP contribution >= 0.6 is 0 Å². The van der Waals surface area contributed by atoms with E-state index in [1.165, 1.54) is 35.2 Å². The highest BCUT2D eigenvalue weighted by molar-refractivity contribution is 5.94. The standard InChI is InChI=1S/C21H21F3N2O3/c22-14-4-6-15(7-5-14)29-13-21(12-18(25)27)8-10-26(11-9-21)20(28)19-16(23)2-1-3-17(19)24/h1-7H,8-13H2,(H2,25,27). The fraction of sp³-hybridized carbons (Fsp3) is 0.333. The van der Waals surface area contributed by atoms with Crippen LogP contribution < -0.4 is 10.5 Å². The molecule has 1 aliphatic rings. The van der Waals surface area contributed by atoms with Crippen molar-refractivity contribution in [1.29, 1.82) is 0 Å². The molecule has 3 rings (SSSR count). The highest BCUT2D eigenvalue weighted by Crippen LogP contribution is 2.36. The van der Waals surface area contributed by atoms with E-state index in [0.29, 0.717) is 18.6 Å². The maximum atomic E-state index is 13.9. The van der Waals surface area contributed by atoms with Crippen molar-refractivity contribution in [3.8, 4) is 5.75 Å². The number of likely N-dealkylation sites (tertiary alicyclic amines) is 1. The second kappa shape index (κ2) is 8.55. The Balaban J connectivity index is 1.69. The number of nitrogens with two attached hydrogens (primary N) is 1. The van der Waals surface area contributed by atoms with Crippen molar-refractivity contribution < 1.29 is 27.5 Å². The van der Waals surface area contributed by atoms with Crippen molar-refractivity contribution in [3.63, 3.8) is 0 Å². The second-order valence-electron chi connectivity index (χ2n) is 7.27. The first-order chi connectivity index (χ1) is 13.8. The van der Waals surface area contributed by atoms with Gasteiger partial charge < -0.3 is 15.4 Å². The van der Waals surface area contributed by atoms with Gasteiger partial charge >= 0.3 is 0 Å². The molecular weight excluding hydrogens is 385 g/mol. The van der Waals surface area contributed by atoms with Crippen LogP contribution in [-0.2, 0) is 4.79 Å². The Morgan fingerprint density at radius 1 is 1.00 bits per heavy atom. The molecule has 0 atom stereocenters. The van der Waals surface area contributed by atoms with Crippen LogP contribution in [0.25, 0.3) is 0 Å². The molecule has 1 aliphatic heterocycles. The number of rotatable bonds is 6. The number of benzene rings is 2. The van der Waals surface area contributed by atoms with E-state index < -0.39 is 40.2 Å². The molecule has 0 saturated carbocycles. The minimum Gasteiger partial charge on any atom is -0.493 e. The number of hydrogen-bond donors (Lipinski definition) is 1. The van der Waals surface area contributed by atoms with Crippen LogP contribution in [0.3, 0.4) is 0 Å². The quantitative estimate of drug-likeness (QED) is 0.800. The SMILES string of the molecule is NC(=O)CC1(COc2ccc(F)cc2)CCN(C(=O)c2c(F)cccc2F)CC1. The molecule has 1 saturated heterocycles. The number of carbonyl (C=O) groups excluding carboxylic acids is 2. The zero-order chi connectivity index (χ0) is 21.0. The van der Waals surface area contributed by atoms with E-state index in [2.05, 4.69) is 0 Å². The van der Waals surface area contributed by atoms with Crippen LogP contribution in [0.15, 0.2) is 42.5 Å². The fourth-order valence-corrected chi connectivity index (χ4v) is 3.55. The van der Waals surface area contributed by atoms with Gasteiger partial charge in [0.1, 0.15) is 28.8 Å². The summed E-state index contributed by atoms with van der Waals surface area (Å²) < 4.78 is 46.6. The van der Waals surface area contributed by atoms with E-state index in [9.17, 15) is 22.8 Å². The molecule has 0 aromatic heterocycles. The molecule has 0 spiro atoms. The van der Waals surface area contributed by atoms with Crippen LogP contribution in [0.5, 0.6) is 5.75 Å². The van der Waals surface area contributed by atoms with E-state index in [0.717, 1.165) is 12.1 Å². The molecule has 1 heterocycles. The van der Waals surface area contributed by atoms with Gasteiger partial charge in [0, 0.05) is 24.9 Å². The van der Waals surface area contributed by atoms with Gasteiger partial charge in [0.05, 0.1) is 6.61 Å². The molecule has 154 valence electrons. The highest BCUT2D eigenvalue weighted by atomic mass is 19.1. The van der Waals surface area contributed by atoms with Crippen molar-refractivity contribution in [1.82, 2.24) is 4.90 Å². The molecule has 1 fully saturated rings. The van der Waals surface area contributed by atoms with Gasteiger partial charge in [-0.3, -0.25) is 9.59 Å². The van der Waals surface area contributed by atoms with E-state index in [4.69, 9.17) is 10.5 Å². The number of hydrogen-bond acceptors (Lipinski definition) is 3. The number of carbonyl (C=O) groups is 2. The molecule has 29 heavy (non-hydrogen) atoms. The minimum absolute atomic E-state index is 0.0459. The number of primary amides is 1. The summed E-state index contributed by atoms with van der Waals surface area (Å²) in [4.78, 5) is 25.5. The van der Waals surface area contributed by atoms with E-state index in [1.54, 1.807) is 0 Å². The third kappa shape index (κ3) is 4.88. The van der Waals surface area contributed by atoms with Gasteiger partial charge in [0.25, 0.3) is 5.91 Å². The predicted molar refractivity (Wildman–Crippen MR) is 99.6 cm³/mol. The monoisotopic (exact) mass is 406 g/mol. The Kier molecular flexibility index (Phi) is 6.10. The van der Waals surface area contributed by atoms with Gasteiger partial charge in [-0.15, -0.1) is 0 Å². The molecule has 2 aromatic rings. The number of halogens is 3. The topological polar surface area (TPSA) is 72.6 Å². The van der Waals surface area contributed by atoms with E-state index in [1.807, 2.05) is 0 Å². The second-order valence-corrected chi connectivity index (χ2v) is 7.27. The summed E-state index contributed by atoms with van der Waals surface area (Å²) in [6, 6.07) is 8.76. The van der Waals surface area contributed by atoms with Gasteiger partial charge in [-0.05, 0) is 49.2 Å². The highest BCUT2D eigenvalue weighted by Gasteiger charge is 2.39. The summed E-state index contributed by atoms with van der Waals surface area (Å²) in [6.07, 6.45) is 0.794.